The average molecular weight is 462 g/mol. The van der Waals surface area contributed by atoms with Gasteiger partial charge in [-0.1, -0.05) is 68.4 Å². The molecule has 0 unspecified atom stereocenters. The molecule has 0 radical (unpaired) electrons. The first-order valence-corrected chi connectivity index (χ1v) is 11.0. The largest absolute Gasteiger partial charge is 0.490 e. The van der Waals surface area contributed by atoms with E-state index in [-0.39, 0.29) is 5.97 Å². The second kappa shape index (κ2) is 23.3. The summed E-state index contributed by atoms with van der Waals surface area (Å²) >= 11 is 0. The molecule has 0 amide bonds. The van der Waals surface area contributed by atoms with Gasteiger partial charge in [0, 0.05) is 13.0 Å². The van der Waals surface area contributed by atoms with E-state index in [2.05, 4.69) is 55.5 Å². The quantitative estimate of drug-likeness (QED) is 0.161. The molecule has 0 bridgehead atoms. The Morgan fingerprint density at radius 2 is 1.28 bits per heavy atom. The van der Waals surface area contributed by atoms with Crippen molar-refractivity contribution in [3.05, 3.63) is 48.6 Å². The topological polar surface area (TPSA) is 89.6 Å². The molecule has 0 spiro atoms. The summed E-state index contributed by atoms with van der Waals surface area (Å²) in [5.74, 6) is -2.91. The maximum absolute atomic E-state index is 11.2. The van der Waals surface area contributed by atoms with E-state index in [1.807, 2.05) is 0 Å². The Hall–Kier alpha value is -2.35. The molecule has 32 heavy (non-hydrogen) atoms. The minimum atomic E-state index is -5.08. The van der Waals surface area contributed by atoms with Crippen molar-refractivity contribution in [3.63, 3.8) is 0 Å². The number of carbonyl (C=O) groups excluding carboxylic acids is 1. The average Bonchev–Trinajstić information content (AvgIpc) is 2.74. The van der Waals surface area contributed by atoms with Gasteiger partial charge in [-0.05, 0) is 44.9 Å². The van der Waals surface area contributed by atoms with E-state index < -0.39 is 12.1 Å². The molecule has 0 aromatic heterocycles. The molecule has 184 valence electrons. The number of aliphatic carboxylic acids is 1. The summed E-state index contributed by atoms with van der Waals surface area (Å²) < 4.78 is 36.6. The summed E-state index contributed by atoms with van der Waals surface area (Å²) in [6.07, 6.45) is 22.9. The van der Waals surface area contributed by atoms with Crippen LogP contribution in [-0.2, 0) is 14.3 Å². The highest BCUT2D eigenvalue weighted by Crippen LogP contribution is 2.13. The van der Waals surface area contributed by atoms with Crippen molar-refractivity contribution in [2.75, 3.05) is 13.2 Å². The lowest BCUT2D eigenvalue weighted by molar-refractivity contribution is -0.192. The highest BCUT2D eigenvalue weighted by atomic mass is 19.4. The number of nitrogens with two attached hydrogens (primary N) is 1. The van der Waals surface area contributed by atoms with Crippen LogP contribution < -0.4 is 5.73 Å². The number of halogens is 3. The third-order valence-electron chi connectivity index (χ3n) is 3.83. The van der Waals surface area contributed by atoms with Crippen molar-refractivity contribution in [3.8, 4) is 0 Å². The van der Waals surface area contributed by atoms with Crippen LogP contribution in [0.1, 0.15) is 71.1 Å². The Morgan fingerprint density at radius 3 is 1.69 bits per heavy atom. The Kier molecular flexibility index (Phi) is 23.2. The second-order valence-electron chi connectivity index (χ2n) is 6.79. The molecule has 0 saturated carbocycles. The minimum Gasteiger partial charge on any atom is -0.475 e. The Morgan fingerprint density at radius 1 is 0.844 bits per heavy atom. The Bertz CT molecular complexity index is 582. The molecule has 0 aliphatic heterocycles. The lowest BCUT2D eigenvalue weighted by atomic mass is 10.2. The van der Waals surface area contributed by atoms with Crippen molar-refractivity contribution in [2.24, 2.45) is 5.73 Å². The summed E-state index contributed by atoms with van der Waals surface area (Å²) in [5, 5.41) is 7.12. The fraction of sp³-hybridized carbons (Fsp3) is 0.583. The van der Waals surface area contributed by atoms with Crippen LogP contribution in [0.5, 0.6) is 0 Å². The van der Waals surface area contributed by atoms with E-state index in [1.54, 1.807) is 0 Å². The first-order valence-electron chi connectivity index (χ1n) is 11.0. The number of carboxylic acid groups (broad SMARTS) is 1. The number of carbonyl (C=O) groups is 2. The van der Waals surface area contributed by atoms with E-state index in [0.29, 0.717) is 19.6 Å². The van der Waals surface area contributed by atoms with Gasteiger partial charge in [0.15, 0.2) is 0 Å². The third-order valence-corrected chi connectivity index (χ3v) is 3.83. The van der Waals surface area contributed by atoms with Gasteiger partial charge in [0.2, 0.25) is 0 Å². The van der Waals surface area contributed by atoms with Gasteiger partial charge >= 0.3 is 18.1 Å². The fourth-order valence-electron chi connectivity index (χ4n) is 2.17. The van der Waals surface area contributed by atoms with E-state index in [1.165, 1.54) is 25.7 Å². The zero-order chi connectivity index (χ0) is 24.5. The summed E-state index contributed by atoms with van der Waals surface area (Å²) in [5.41, 5.74) is 5.27. The smallest absolute Gasteiger partial charge is 0.475 e. The maximum atomic E-state index is 11.2. The zero-order valence-electron chi connectivity index (χ0n) is 19.0. The van der Waals surface area contributed by atoms with Crippen LogP contribution in [0.25, 0.3) is 0 Å². The predicted molar refractivity (Wildman–Crippen MR) is 122 cm³/mol. The molecule has 3 N–H and O–H groups in total. The van der Waals surface area contributed by atoms with Crippen molar-refractivity contribution in [1.29, 1.82) is 0 Å². The molecule has 0 saturated heterocycles. The number of rotatable bonds is 16. The molecule has 5 nitrogen and oxygen atoms in total. The molecule has 0 rings (SSSR count). The summed E-state index contributed by atoms with van der Waals surface area (Å²) in [6.45, 7) is 2.95. The molecule has 0 aromatic rings. The van der Waals surface area contributed by atoms with Crippen LogP contribution in [0.2, 0.25) is 0 Å². The number of ether oxygens (including phenoxy) is 1. The lowest BCUT2D eigenvalue weighted by Gasteiger charge is -2.00. The first-order chi connectivity index (χ1) is 15.3. The van der Waals surface area contributed by atoms with Crippen molar-refractivity contribution in [1.82, 2.24) is 0 Å². The van der Waals surface area contributed by atoms with Crippen LogP contribution in [0, 0.1) is 0 Å². The van der Waals surface area contributed by atoms with Crippen molar-refractivity contribution >= 4 is 11.9 Å². The van der Waals surface area contributed by atoms with Crippen LogP contribution in [0.3, 0.4) is 0 Å². The third kappa shape index (κ3) is 27.6. The van der Waals surface area contributed by atoms with Gasteiger partial charge in [-0.2, -0.15) is 13.2 Å². The Balaban J connectivity index is 0. The van der Waals surface area contributed by atoms with Gasteiger partial charge in [-0.25, -0.2) is 4.79 Å². The van der Waals surface area contributed by atoms with Gasteiger partial charge < -0.3 is 15.6 Å². The van der Waals surface area contributed by atoms with Crippen molar-refractivity contribution in [2.45, 2.75) is 77.3 Å². The van der Waals surface area contributed by atoms with Gasteiger partial charge in [0.25, 0.3) is 0 Å². The van der Waals surface area contributed by atoms with Crippen LogP contribution in [0.4, 0.5) is 13.2 Å². The summed E-state index contributed by atoms with van der Waals surface area (Å²) in [7, 11) is 0. The fourth-order valence-corrected chi connectivity index (χ4v) is 2.17. The van der Waals surface area contributed by atoms with E-state index in [0.717, 1.165) is 32.1 Å². The van der Waals surface area contributed by atoms with Crippen LogP contribution in [-0.4, -0.2) is 36.4 Å². The van der Waals surface area contributed by atoms with Gasteiger partial charge in [-0.15, -0.1) is 0 Å². The second-order valence-corrected chi connectivity index (χ2v) is 6.79. The predicted octanol–water partition coefficient (Wildman–Crippen LogP) is 6.27. The molecule has 0 heterocycles. The number of alkyl halides is 3. The van der Waals surface area contributed by atoms with E-state index in [9.17, 15) is 18.0 Å². The van der Waals surface area contributed by atoms with Gasteiger partial charge in [0.1, 0.15) is 6.61 Å². The SMILES string of the molecule is CCCCCC=CCC=CCC=CCC=CCCCC(=O)OCCN.O=C(O)C(F)(F)F. The Labute approximate surface area is 189 Å². The molecule has 0 atom stereocenters. The highest BCUT2D eigenvalue weighted by molar-refractivity contribution is 5.73. The minimum absolute atomic E-state index is 0.152. The molecule has 0 fully saturated rings. The highest BCUT2D eigenvalue weighted by Gasteiger charge is 2.38. The number of allylic oxidation sites excluding steroid dienone is 8. The first kappa shape index (κ1) is 31.8. The lowest BCUT2D eigenvalue weighted by Crippen LogP contribution is -2.21. The standard InChI is InChI=1S/C22H37NO2.C2HF3O2/c1-2-3-4-5-6-7-8-9-10-11-12-13-14-15-16-17-18-19-22(24)25-21-20-23;3-2(4,5)1(6)7/h6-7,9-10,12-13,15-16H,2-5,8,11,14,17-21,23H2,1H3;(H,6,7). The normalized spacial score (nSPS) is 12.0. The molecule has 0 aliphatic carbocycles. The van der Waals surface area contributed by atoms with E-state index >= 15 is 0 Å². The molecular weight excluding hydrogens is 423 g/mol. The van der Waals surface area contributed by atoms with Crippen LogP contribution in [0.15, 0.2) is 48.6 Å². The monoisotopic (exact) mass is 461 g/mol. The van der Waals surface area contributed by atoms with Gasteiger partial charge in [-0.3, -0.25) is 4.79 Å². The van der Waals surface area contributed by atoms with Crippen molar-refractivity contribution < 1.29 is 32.6 Å². The van der Waals surface area contributed by atoms with Gasteiger partial charge in [0.05, 0.1) is 0 Å². The number of hydrogen-bond donors (Lipinski definition) is 2. The number of esters is 1. The summed E-state index contributed by atoms with van der Waals surface area (Å²) in [6, 6.07) is 0. The maximum Gasteiger partial charge on any atom is 0.490 e. The molecule has 0 aliphatic rings. The molecule has 0 aromatic carbocycles. The number of unbranched alkanes of at least 4 members (excludes halogenated alkanes) is 4. The van der Waals surface area contributed by atoms with Crippen LogP contribution >= 0.6 is 0 Å². The number of carboxylic acids is 1. The van der Waals surface area contributed by atoms with E-state index in [4.69, 9.17) is 20.4 Å². The zero-order valence-corrected chi connectivity index (χ0v) is 19.0. The summed E-state index contributed by atoms with van der Waals surface area (Å²) in [4.78, 5) is 20.1. The number of hydrogen-bond acceptors (Lipinski definition) is 4. The molecule has 8 heteroatoms. The molecular formula is C24H38F3NO4.